The molecule has 2 N–H and O–H groups in total. The number of aryl methyl sites for hydroxylation is 1. The smallest absolute Gasteiger partial charge is 0.333 e. The zero-order chi connectivity index (χ0) is 14.2. The molecule has 0 fully saturated rings. The lowest BCUT2D eigenvalue weighted by Crippen LogP contribution is -2.09. The molecule has 0 saturated heterocycles. The van der Waals surface area contributed by atoms with Crippen molar-refractivity contribution in [3.8, 4) is 0 Å². The number of halogens is 2. The van der Waals surface area contributed by atoms with Gasteiger partial charge in [-0.3, -0.25) is 10.1 Å². The number of benzene rings is 1. The molecule has 8 heteroatoms. The Morgan fingerprint density at radius 3 is 2.47 bits per heavy atom. The molecule has 2 rings (SSSR count). The van der Waals surface area contributed by atoms with Crippen LogP contribution in [-0.2, 0) is 6.54 Å². The molecule has 1 heterocycles. The van der Waals surface area contributed by atoms with Crippen molar-refractivity contribution in [3.05, 3.63) is 51.2 Å². The second-order valence-corrected chi connectivity index (χ2v) is 3.93. The number of hydrogen-bond acceptors (Lipinski definition) is 4. The molecule has 1 aromatic carbocycles. The maximum Gasteiger partial charge on any atom is 0.333 e. The van der Waals surface area contributed by atoms with Crippen molar-refractivity contribution in [2.45, 2.75) is 13.5 Å². The Morgan fingerprint density at radius 1 is 1.42 bits per heavy atom. The fourth-order valence-electron chi connectivity index (χ4n) is 1.77. The number of rotatable bonds is 3. The fourth-order valence-corrected chi connectivity index (χ4v) is 1.77. The lowest BCUT2D eigenvalue weighted by atomic mass is 10.2. The molecular formula is C11H10F2N4O2. The van der Waals surface area contributed by atoms with Crippen LogP contribution in [0.3, 0.4) is 0 Å². The second-order valence-electron chi connectivity index (χ2n) is 3.93. The van der Waals surface area contributed by atoms with Crippen molar-refractivity contribution in [1.82, 2.24) is 9.78 Å². The molecular weight excluding hydrogens is 258 g/mol. The molecule has 0 aliphatic heterocycles. The molecule has 0 aliphatic rings. The van der Waals surface area contributed by atoms with Crippen LogP contribution in [0.5, 0.6) is 0 Å². The summed E-state index contributed by atoms with van der Waals surface area (Å²) in [5.41, 5.74) is 5.07. The highest BCUT2D eigenvalue weighted by molar-refractivity contribution is 5.56. The summed E-state index contributed by atoms with van der Waals surface area (Å²) in [4.78, 5) is 10.1. The predicted octanol–water partition coefficient (Wildman–Crippen LogP) is 2.01. The molecule has 0 spiro atoms. The van der Waals surface area contributed by atoms with Gasteiger partial charge < -0.3 is 5.73 Å². The van der Waals surface area contributed by atoms with Gasteiger partial charge in [-0.25, -0.2) is 13.5 Å². The van der Waals surface area contributed by atoms with E-state index in [4.69, 9.17) is 5.73 Å². The van der Waals surface area contributed by atoms with Gasteiger partial charge in [-0.15, -0.1) is 0 Å². The number of nitro groups is 1. The van der Waals surface area contributed by atoms with E-state index in [1.165, 1.54) is 13.0 Å². The van der Waals surface area contributed by atoms with E-state index in [1.807, 2.05) is 0 Å². The number of nitrogens with zero attached hydrogens (tertiary/aromatic N) is 3. The Kier molecular flexibility index (Phi) is 3.16. The third-order valence-electron chi connectivity index (χ3n) is 2.69. The van der Waals surface area contributed by atoms with Crippen molar-refractivity contribution in [2.75, 3.05) is 5.73 Å². The molecule has 0 saturated carbocycles. The minimum absolute atomic E-state index is 0.0965. The summed E-state index contributed by atoms with van der Waals surface area (Å²) in [6, 6.07) is 3.42. The monoisotopic (exact) mass is 268 g/mol. The van der Waals surface area contributed by atoms with Gasteiger partial charge in [-0.1, -0.05) is 6.07 Å². The molecule has 0 unspecified atom stereocenters. The van der Waals surface area contributed by atoms with E-state index in [9.17, 15) is 18.9 Å². The molecule has 0 bridgehead atoms. The highest BCUT2D eigenvalue weighted by atomic mass is 19.1. The van der Waals surface area contributed by atoms with Crippen molar-refractivity contribution in [1.29, 1.82) is 0 Å². The van der Waals surface area contributed by atoms with Crippen LogP contribution >= 0.6 is 0 Å². The van der Waals surface area contributed by atoms with Crippen LogP contribution in [0, 0.1) is 28.7 Å². The van der Waals surface area contributed by atoms with Gasteiger partial charge in [0.05, 0.1) is 11.5 Å². The first-order valence-corrected chi connectivity index (χ1v) is 5.32. The Bertz CT molecular complexity index is 634. The molecule has 100 valence electrons. The van der Waals surface area contributed by atoms with E-state index in [1.54, 1.807) is 0 Å². The van der Waals surface area contributed by atoms with Gasteiger partial charge in [0.1, 0.15) is 17.3 Å². The number of anilines is 1. The topological polar surface area (TPSA) is 87.0 Å². The minimum Gasteiger partial charge on any atom is -0.378 e. The van der Waals surface area contributed by atoms with Gasteiger partial charge in [-0.2, -0.15) is 5.10 Å². The SMILES string of the molecule is Cc1nn(Cc2c(F)cccc2F)c(N)c1[N+](=O)[O-]. The molecule has 6 nitrogen and oxygen atoms in total. The van der Waals surface area contributed by atoms with E-state index < -0.39 is 16.6 Å². The Labute approximate surface area is 106 Å². The van der Waals surface area contributed by atoms with Gasteiger partial charge in [-0.05, 0) is 19.1 Å². The Morgan fingerprint density at radius 2 is 2.00 bits per heavy atom. The van der Waals surface area contributed by atoms with Crippen LogP contribution in [-0.4, -0.2) is 14.7 Å². The minimum atomic E-state index is -0.754. The molecule has 0 radical (unpaired) electrons. The predicted molar refractivity (Wildman–Crippen MR) is 63.5 cm³/mol. The van der Waals surface area contributed by atoms with Crippen molar-refractivity contribution < 1.29 is 13.7 Å². The average Bonchev–Trinajstić information content (AvgIpc) is 2.59. The van der Waals surface area contributed by atoms with Crippen LogP contribution in [0.25, 0.3) is 0 Å². The van der Waals surface area contributed by atoms with E-state index in [0.29, 0.717) is 0 Å². The first kappa shape index (κ1) is 12.9. The van der Waals surface area contributed by atoms with Crippen LogP contribution in [0.15, 0.2) is 18.2 Å². The lowest BCUT2D eigenvalue weighted by molar-refractivity contribution is -0.384. The zero-order valence-electron chi connectivity index (χ0n) is 9.93. The van der Waals surface area contributed by atoms with Gasteiger partial charge in [0.25, 0.3) is 0 Å². The molecule has 0 amide bonds. The number of nitrogen functional groups attached to an aromatic ring is 1. The summed E-state index contributed by atoms with van der Waals surface area (Å²) < 4.78 is 28.0. The Balaban J connectivity index is 2.45. The highest BCUT2D eigenvalue weighted by Crippen LogP contribution is 2.26. The summed E-state index contributed by atoms with van der Waals surface area (Å²) >= 11 is 0. The number of aromatic nitrogens is 2. The van der Waals surface area contributed by atoms with Crippen molar-refractivity contribution in [3.63, 3.8) is 0 Å². The van der Waals surface area contributed by atoms with Gasteiger partial charge in [0.15, 0.2) is 0 Å². The van der Waals surface area contributed by atoms with E-state index >= 15 is 0 Å². The number of hydrogen-bond donors (Lipinski definition) is 1. The standard InChI is InChI=1S/C11H10F2N4O2/c1-6-10(17(18)19)11(14)16(15-6)5-7-8(12)3-2-4-9(7)13/h2-4H,5,14H2,1H3. The first-order valence-electron chi connectivity index (χ1n) is 5.32. The van der Waals surface area contributed by atoms with Crippen LogP contribution in [0.1, 0.15) is 11.3 Å². The largest absolute Gasteiger partial charge is 0.378 e. The van der Waals surface area contributed by atoms with E-state index in [2.05, 4.69) is 5.10 Å². The van der Waals surface area contributed by atoms with Gasteiger partial charge in [0.2, 0.25) is 5.82 Å². The highest BCUT2D eigenvalue weighted by Gasteiger charge is 2.24. The van der Waals surface area contributed by atoms with Gasteiger partial charge >= 0.3 is 5.69 Å². The van der Waals surface area contributed by atoms with Crippen LogP contribution in [0.2, 0.25) is 0 Å². The summed E-state index contributed by atoms with van der Waals surface area (Å²) in [5, 5.41) is 14.6. The maximum atomic E-state index is 13.5. The summed E-state index contributed by atoms with van der Waals surface area (Å²) in [7, 11) is 0. The summed E-state index contributed by atoms with van der Waals surface area (Å²) in [6.45, 7) is 1.10. The average molecular weight is 268 g/mol. The van der Waals surface area contributed by atoms with Crippen LogP contribution in [0.4, 0.5) is 20.3 Å². The second kappa shape index (κ2) is 4.63. The molecule has 2 aromatic rings. The third-order valence-corrected chi connectivity index (χ3v) is 2.69. The van der Waals surface area contributed by atoms with Crippen LogP contribution < -0.4 is 5.73 Å². The molecule has 0 aliphatic carbocycles. The molecule has 0 atom stereocenters. The summed E-state index contributed by atoms with van der Waals surface area (Å²) in [6.07, 6.45) is 0. The van der Waals surface area contributed by atoms with E-state index in [0.717, 1.165) is 16.8 Å². The number of nitrogens with two attached hydrogens (primary N) is 1. The van der Waals surface area contributed by atoms with Crippen molar-refractivity contribution in [2.24, 2.45) is 0 Å². The lowest BCUT2D eigenvalue weighted by Gasteiger charge is -2.06. The summed E-state index contributed by atoms with van der Waals surface area (Å²) in [5.74, 6) is -1.74. The Hall–Kier alpha value is -2.51. The molecule has 1 aromatic heterocycles. The normalized spacial score (nSPS) is 10.7. The molecule has 19 heavy (non-hydrogen) atoms. The quantitative estimate of drug-likeness (QED) is 0.681. The van der Waals surface area contributed by atoms with E-state index in [-0.39, 0.29) is 29.3 Å². The third kappa shape index (κ3) is 2.24. The van der Waals surface area contributed by atoms with Gasteiger partial charge in [0, 0.05) is 5.56 Å². The van der Waals surface area contributed by atoms with Crippen molar-refractivity contribution >= 4 is 11.5 Å². The zero-order valence-corrected chi connectivity index (χ0v) is 9.93. The maximum absolute atomic E-state index is 13.5. The fraction of sp³-hybridized carbons (Fsp3) is 0.182. The first-order chi connectivity index (χ1) is 8.91.